The lowest BCUT2D eigenvalue weighted by Gasteiger charge is -2.09. The van der Waals surface area contributed by atoms with E-state index < -0.39 is 6.61 Å². The van der Waals surface area contributed by atoms with Gasteiger partial charge in [-0.15, -0.1) is 0 Å². The molecule has 0 aliphatic heterocycles. The molecule has 0 N–H and O–H groups in total. The lowest BCUT2D eigenvalue weighted by Crippen LogP contribution is -2.06. The van der Waals surface area contributed by atoms with Crippen LogP contribution in [0.4, 0.5) is 8.78 Å². The molecule has 6 nitrogen and oxygen atoms in total. The van der Waals surface area contributed by atoms with Crippen molar-refractivity contribution in [3.8, 4) is 28.9 Å². The smallest absolute Gasteiger partial charge is 0.388 e. The number of aryl methyl sites for hydroxylation is 1. The van der Waals surface area contributed by atoms with Crippen molar-refractivity contribution < 1.29 is 18.3 Å². The van der Waals surface area contributed by atoms with Gasteiger partial charge in [-0.1, -0.05) is 34.8 Å². The summed E-state index contributed by atoms with van der Waals surface area (Å²) in [5.74, 6) is -0.105. The van der Waals surface area contributed by atoms with Crippen molar-refractivity contribution >= 4 is 34.8 Å². The van der Waals surface area contributed by atoms with Gasteiger partial charge in [-0.2, -0.15) is 13.9 Å². The van der Waals surface area contributed by atoms with E-state index in [0.717, 1.165) is 4.68 Å². The highest BCUT2D eigenvalue weighted by Crippen LogP contribution is 2.42. The van der Waals surface area contributed by atoms with Gasteiger partial charge in [0, 0.05) is 25.0 Å². The number of benzene rings is 1. The second-order valence-corrected chi connectivity index (χ2v) is 6.06. The lowest BCUT2D eigenvalue weighted by molar-refractivity contribution is -0.0552. The molecule has 136 valence electrons. The zero-order valence-electron chi connectivity index (χ0n) is 13.0. The van der Waals surface area contributed by atoms with Gasteiger partial charge in [0.1, 0.15) is 10.7 Å². The van der Waals surface area contributed by atoms with Crippen LogP contribution in [0.25, 0.3) is 11.3 Å². The van der Waals surface area contributed by atoms with Gasteiger partial charge in [0.25, 0.3) is 0 Å². The van der Waals surface area contributed by atoms with Gasteiger partial charge in [-0.25, -0.2) is 14.6 Å². The Bertz CT molecular complexity index is 938. The van der Waals surface area contributed by atoms with Crippen LogP contribution in [0.15, 0.2) is 30.6 Å². The molecule has 2 aromatic heterocycles. The highest BCUT2D eigenvalue weighted by molar-refractivity contribution is 6.39. The van der Waals surface area contributed by atoms with Crippen molar-refractivity contribution in [3.63, 3.8) is 0 Å². The molecule has 0 atom stereocenters. The lowest BCUT2D eigenvalue weighted by atomic mass is 10.1. The Hall–Kier alpha value is -2.16. The number of nitrogens with zero attached hydrogens (tertiary/aromatic N) is 4. The summed E-state index contributed by atoms with van der Waals surface area (Å²) in [5.41, 5.74) is 0.442. The fourth-order valence-corrected chi connectivity index (χ4v) is 2.91. The minimum Gasteiger partial charge on any atom is -0.423 e. The molecule has 0 radical (unpaired) electrons. The molecule has 0 bridgehead atoms. The first-order chi connectivity index (χ1) is 12.4. The van der Waals surface area contributed by atoms with Crippen LogP contribution in [0.2, 0.25) is 15.1 Å². The Morgan fingerprint density at radius 2 is 1.77 bits per heavy atom. The highest BCUT2D eigenvalue weighted by Gasteiger charge is 2.23. The molecule has 0 aliphatic rings. The van der Waals surface area contributed by atoms with Gasteiger partial charge in [0.05, 0.1) is 10.0 Å². The molecule has 0 amide bonds. The van der Waals surface area contributed by atoms with Crippen molar-refractivity contribution in [2.24, 2.45) is 7.05 Å². The number of alkyl halides is 2. The topological polar surface area (TPSA) is 62.1 Å². The maximum absolute atomic E-state index is 12.5. The molecule has 2 heterocycles. The summed E-state index contributed by atoms with van der Waals surface area (Å²) in [6, 6.07) is 4.56. The molecule has 0 aliphatic carbocycles. The van der Waals surface area contributed by atoms with Gasteiger partial charge in [-0.05, 0) is 18.2 Å². The van der Waals surface area contributed by atoms with E-state index in [9.17, 15) is 8.78 Å². The van der Waals surface area contributed by atoms with Gasteiger partial charge in [-0.3, -0.25) is 0 Å². The number of rotatable bonds is 5. The molecule has 0 fully saturated rings. The number of aromatic nitrogens is 4. The monoisotopic (exact) mass is 420 g/mol. The van der Waals surface area contributed by atoms with E-state index in [4.69, 9.17) is 39.5 Å². The van der Waals surface area contributed by atoms with Crippen LogP contribution in [-0.4, -0.2) is 26.4 Å². The van der Waals surface area contributed by atoms with Gasteiger partial charge >= 0.3 is 12.6 Å². The number of hydrogen-bond acceptors (Lipinski definition) is 5. The molecule has 11 heteroatoms. The predicted octanol–water partition coefficient (Wildman–Crippen LogP) is 5.23. The third-order valence-electron chi connectivity index (χ3n) is 3.16. The molecule has 1 aromatic carbocycles. The standard InChI is InChI=1S/C15H9Cl3F2N4O2/c1-24-13(26-14(19)20)11(18)12(23-24)7-5-10(9(17)6-8(7)16)25-15-21-3-2-4-22-15/h2-6,14H,1H3. The van der Waals surface area contributed by atoms with Crippen LogP contribution in [-0.2, 0) is 7.05 Å². The second kappa shape index (κ2) is 7.61. The van der Waals surface area contributed by atoms with E-state index in [-0.39, 0.29) is 38.4 Å². The first kappa shape index (κ1) is 18.6. The van der Waals surface area contributed by atoms with Crippen LogP contribution >= 0.6 is 34.8 Å². The summed E-state index contributed by atoms with van der Waals surface area (Å²) in [7, 11) is 1.41. The Balaban J connectivity index is 2.04. The first-order valence-electron chi connectivity index (χ1n) is 6.98. The van der Waals surface area contributed by atoms with Crippen LogP contribution < -0.4 is 9.47 Å². The Labute approximate surface area is 161 Å². The van der Waals surface area contributed by atoms with E-state index in [1.165, 1.54) is 31.6 Å². The van der Waals surface area contributed by atoms with E-state index in [1.807, 2.05) is 0 Å². The Kier molecular flexibility index (Phi) is 5.45. The summed E-state index contributed by atoms with van der Waals surface area (Å²) in [6.45, 7) is -3.05. The third kappa shape index (κ3) is 3.82. The van der Waals surface area contributed by atoms with Crippen molar-refractivity contribution in [3.05, 3.63) is 45.7 Å². The molecule has 3 rings (SSSR count). The summed E-state index contributed by atoms with van der Waals surface area (Å²) >= 11 is 18.5. The molecule has 0 unspecified atom stereocenters. The Morgan fingerprint density at radius 1 is 1.08 bits per heavy atom. The normalized spacial score (nSPS) is 11.0. The van der Waals surface area contributed by atoms with E-state index in [2.05, 4.69) is 19.8 Å². The number of hydrogen-bond donors (Lipinski definition) is 0. The van der Waals surface area contributed by atoms with E-state index >= 15 is 0 Å². The van der Waals surface area contributed by atoms with Gasteiger partial charge < -0.3 is 9.47 Å². The molecule has 0 spiro atoms. The maximum atomic E-state index is 12.5. The molecule has 26 heavy (non-hydrogen) atoms. The Morgan fingerprint density at radius 3 is 2.42 bits per heavy atom. The number of ether oxygens (including phenoxy) is 2. The average molecular weight is 422 g/mol. The minimum absolute atomic E-state index is 0.0662. The second-order valence-electron chi connectivity index (χ2n) is 4.87. The average Bonchev–Trinajstić information content (AvgIpc) is 2.86. The molecule has 3 aromatic rings. The van der Waals surface area contributed by atoms with Crippen molar-refractivity contribution in [2.45, 2.75) is 6.61 Å². The quantitative estimate of drug-likeness (QED) is 0.564. The van der Waals surface area contributed by atoms with Crippen LogP contribution in [0.1, 0.15) is 0 Å². The fourth-order valence-electron chi connectivity index (χ4n) is 2.09. The zero-order valence-corrected chi connectivity index (χ0v) is 15.2. The van der Waals surface area contributed by atoms with Crippen molar-refractivity contribution in [2.75, 3.05) is 0 Å². The highest BCUT2D eigenvalue weighted by atomic mass is 35.5. The van der Waals surface area contributed by atoms with Gasteiger partial charge in [0.15, 0.2) is 5.75 Å². The SMILES string of the molecule is Cn1nc(-c2cc(Oc3ncccn3)c(Cl)cc2Cl)c(Cl)c1OC(F)F. The third-order valence-corrected chi connectivity index (χ3v) is 4.11. The molecular weight excluding hydrogens is 413 g/mol. The molecule has 0 saturated carbocycles. The molecular formula is C15H9Cl3F2N4O2. The summed E-state index contributed by atoms with van der Waals surface area (Å²) in [5, 5.41) is 4.35. The summed E-state index contributed by atoms with van der Waals surface area (Å²) < 4.78 is 36.1. The van der Waals surface area contributed by atoms with Crippen LogP contribution in [0.3, 0.4) is 0 Å². The zero-order chi connectivity index (χ0) is 18.8. The predicted molar refractivity (Wildman–Crippen MR) is 92.4 cm³/mol. The fraction of sp³-hybridized carbons (Fsp3) is 0.133. The van der Waals surface area contributed by atoms with Crippen molar-refractivity contribution in [1.82, 2.24) is 19.7 Å². The summed E-state index contributed by atoms with van der Waals surface area (Å²) in [6.07, 6.45) is 2.99. The summed E-state index contributed by atoms with van der Waals surface area (Å²) in [4.78, 5) is 7.87. The van der Waals surface area contributed by atoms with E-state index in [0.29, 0.717) is 5.56 Å². The van der Waals surface area contributed by atoms with Crippen molar-refractivity contribution in [1.29, 1.82) is 0 Å². The maximum Gasteiger partial charge on any atom is 0.388 e. The van der Waals surface area contributed by atoms with Gasteiger partial charge in [0.2, 0.25) is 5.88 Å². The minimum atomic E-state index is -3.05. The van der Waals surface area contributed by atoms with Crippen LogP contribution in [0, 0.1) is 0 Å². The van der Waals surface area contributed by atoms with Crippen LogP contribution in [0.5, 0.6) is 17.6 Å². The molecule has 0 saturated heterocycles. The van der Waals surface area contributed by atoms with E-state index in [1.54, 1.807) is 6.07 Å². The largest absolute Gasteiger partial charge is 0.423 e. The number of halogens is 5. The first-order valence-corrected chi connectivity index (χ1v) is 8.11.